The Hall–Kier alpha value is -2.33. The van der Waals surface area contributed by atoms with E-state index in [9.17, 15) is 13.2 Å². The molecule has 0 saturated carbocycles. The summed E-state index contributed by atoms with van der Waals surface area (Å²) >= 11 is 0. The van der Waals surface area contributed by atoms with Crippen molar-refractivity contribution >= 4 is 23.5 Å². The normalized spacial score (nSPS) is 17.6. The van der Waals surface area contributed by atoms with Crippen LogP contribution in [-0.2, 0) is 22.5 Å². The molecule has 1 aliphatic rings. The van der Waals surface area contributed by atoms with E-state index >= 15 is 0 Å². The van der Waals surface area contributed by atoms with Crippen molar-refractivity contribution in [3.8, 4) is 5.82 Å². The molecule has 1 saturated heterocycles. The van der Waals surface area contributed by atoms with Crippen molar-refractivity contribution in [3.05, 3.63) is 36.2 Å². The van der Waals surface area contributed by atoms with E-state index in [0.29, 0.717) is 18.7 Å². The minimum atomic E-state index is -4.48. The van der Waals surface area contributed by atoms with Crippen LogP contribution in [0.25, 0.3) is 16.7 Å². The number of hydrogen-bond donors (Lipinski definition) is 0. The van der Waals surface area contributed by atoms with E-state index in [4.69, 9.17) is 9.31 Å². The van der Waals surface area contributed by atoms with Gasteiger partial charge in [0.1, 0.15) is 5.69 Å². The van der Waals surface area contributed by atoms with Gasteiger partial charge in [0.05, 0.1) is 5.52 Å². The molecule has 0 amide bonds. The van der Waals surface area contributed by atoms with Gasteiger partial charge in [0, 0.05) is 43.3 Å². The summed E-state index contributed by atoms with van der Waals surface area (Å²) < 4.78 is 52.9. The first-order valence-electron chi connectivity index (χ1n) is 8.47. The summed E-state index contributed by atoms with van der Waals surface area (Å²) in [6, 6.07) is 6.45. The fraction of sp³-hybridized carbons (Fsp3) is 0.412. The van der Waals surface area contributed by atoms with E-state index in [-0.39, 0.29) is 11.2 Å². The summed E-state index contributed by atoms with van der Waals surface area (Å²) in [7, 11) is 0.723. The molecule has 2 aromatic heterocycles. The van der Waals surface area contributed by atoms with Gasteiger partial charge in [-0.15, -0.1) is 0 Å². The molecule has 0 bridgehead atoms. The number of hydrogen-bond acceptors (Lipinski definition) is 4. The largest absolute Gasteiger partial charge is 0.494 e. The smallest absolute Gasteiger partial charge is 0.407 e. The van der Waals surface area contributed by atoms with Gasteiger partial charge in [-0.3, -0.25) is 4.68 Å². The Kier molecular flexibility index (Phi) is 4.08. The molecular weight excluding hydrogens is 360 g/mol. The lowest BCUT2D eigenvalue weighted by Crippen LogP contribution is -2.47. The number of aromatic nitrogens is 4. The minimum absolute atomic E-state index is 0.0590. The molecule has 6 nitrogen and oxygen atoms in total. The second-order valence-electron chi connectivity index (χ2n) is 7.48. The highest BCUT2D eigenvalue weighted by molar-refractivity contribution is 6.64. The maximum absolute atomic E-state index is 13.0. The first-order valence-corrected chi connectivity index (χ1v) is 8.47. The van der Waals surface area contributed by atoms with Crippen LogP contribution in [0, 0.1) is 5.41 Å². The molecule has 1 aromatic carbocycles. The van der Waals surface area contributed by atoms with Crippen LogP contribution in [0.4, 0.5) is 13.2 Å². The van der Waals surface area contributed by atoms with Gasteiger partial charge in [-0.25, -0.2) is 4.68 Å². The highest BCUT2D eigenvalue weighted by Crippen LogP contribution is 2.30. The number of benzene rings is 1. The number of nitrogens with zero attached hydrogens (tertiary/aromatic N) is 4. The van der Waals surface area contributed by atoms with E-state index in [2.05, 4.69) is 24.0 Å². The van der Waals surface area contributed by atoms with Gasteiger partial charge in [0.15, 0.2) is 5.82 Å². The van der Waals surface area contributed by atoms with Gasteiger partial charge in [-0.2, -0.15) is 23.4 Å². The Morgan fingerprint density at radius 3 is 2.48 bits per heavy atom. The Bertz CT molecular complexity index is 986. The van der Waals surface area contributed by atoms with E-state index < -0.39 is 19.0 Å². The molecule has 1 aliphatic heterocycles. The predicted octanol–water partition coefficient (Wildman–Crippen LogP) is 2.55. The number of aryl methyl sites for hydroxylation is 1. The third-order valence-corrected chi connectivity index (χ3v) is 4.48. The molecule has 0 aliphatic carbocycles. The summed E-state index contributed by atoms with van der Waals surface area (Å²) in [6.45, 7) is 5.22. The van der Waals surface area contributed by atoms with Crippen LogP contribution in [-0.4, -0.2) is 39.9 Å². The summed E-state index contributed by atoms with van der Waals surface area (Å²) in [4.78, 5) is 0. The van der Waals surface area contributed by atoms with Crippen molar-refractivity contribution in [2.75, 3.05) is 13.2 Å². The molecule has 27 heavy (non-hydrogen) atoms. The van der Waals surface area contributed by atoms with Gasteiger partial charge in [0.2, 0.25) is 0 Å². The van der Waals surface area contributed by atoms with Crippen LogP contribution in [0.3, 0.4) is 0 Å². The third-order valence-electron chi connectivity index (χ3n) is 4.48. The second kappa shape index (κ2) is 6.10. The molecule has 0 radical (unpaired) electrons. The quantitative estimate of drug-likeness (QED) is 0.644. The predicted molar refractivity (Wildman–Crippen MR) is 93.9 cm³/mol. The van der Waals surface area contributed by atoms with Gasteiger partial charge >= 0.3 is 13.3 Å². The summed E-state index contributed by atoms with van der Waals surface area (Å²) in [5, 5.41) is 9.06. The van der Waals surface area contributed by atoms with Crippen LogP contribution in [0.2, 0.25) is 0 Å². The van der Waals surface area contributed by atoms with Crippen molar-refractivity contribution in [3.63, 3.8) is 0 Å². The van der Waals surface area contributed by atoms with Gasteiger partial charge in [-0.05, 0) is 11.5 Å². The number of alkyl halides is 3. The zero-order chi connectivity index (χ0) is 19.4. The monoisotopic (exact) mass is 378 g/mol. The summed E-state index contributed by atoms with van der Waals surface area (Å²) in [5.74, 6) is 0.0959. The topological polar surface area (TPSA) is 54.1 Å². The van der Waals surface area contributed by atoms with Crippen LogP contribution >= 0.6 is 0 Å². The molecule has 0 N–H and O–H groups in total. The Morgan fingerprint density at radius 1 is 1.15 bits per heavy atom. The van der Waals surface area contributed by atoms with E-state index in [1.807, 2.05) is 12.1 Å². The van der Waals surface area contributed by atoms with E-state index in [0.717, 1.165) is 21.6 Å². The highest BCUT2D eigenvalue weighted by atomic mass is 19.4. The molecule has 1 fully saturated rings. The van der Waals surface area contributed by atoms with E-state index in [1.54, 1.807) is 12.3 Å². The molecule has 3 heterocycles. The van der Waals surface area contributed by atoms with Crippen LogP contribution < -0.4 is 5.46 Å². The number of halogens is 3. The average Bonchev–Trinajstić information content (AvgIpc) is 3.17. The Balaban J connectivity index is 1.72. The van der Waals surface area contributed by atoms with E-state index in [1.165, 1.54) is 11.7 Å². The molecule has 4 rings (SSSR count). The molecular formula is C17H18BF3N4O2. The maximum atomic E-state index is 13.0. The van der Waals surface area contributed by atoms with Crippen LogP contribution in [0.1, 0.15) is 19.5 Å². The lowest BCUT2D eigenvalue weighted by Gasteiger charge is -2.33. The van der Waals surface area contributed by atoms with Crippen molar-refractivity contribution < 1.29 is 22.5 Å². The van der Waals surface area contributed by atoms with Crippen LogP contribution in [0.5, 0.6) is 0 Å². The number of fused-ring (bicyclic) bond motifs is 1. The number of rotatable bonds is 2. The average molecular weight is 378 g/mol. The zero-order valence-electron chi connectivity index (χ0n) is 15.1. The molecule has 0 unspecified atom stereocenters. The molecule has 3 aromatic rings. The lowest BCUT2D eigenvalue weighted by atomic mass is 9.74. The third kappa shape index (κ3) is 3.34. The fourth-order valence-corrected chi connectivity index (χ4v) is 3.09. The molecule has 0 spiro atoms. The van der Waals surface area contributed by atoms with Gasteiger partial charge < -0.3 is 9.31 Å². The van der Waals surface area contributed by atoms with Crippen LogP contribution in [0.15, 0.2) is 30.5 Å². The van der Waals surface area contributed by atoms with Gasteiger partial charge in [0.25, 0.3) is 0 Å². The fourth-order valence-electron chi connectivity index (χ4n) is 3.09. The minimum Gasteiger partial charge on any atom is -0.407 e. The lowest BCUT2D eigenvalue weighted by molar-refractivity contribution is -0.143. The Labute approximate surface area is 154 Å². The highest BCUT2D eigenvalue weighted by Gasteiger charge is 2.36. The van der Waals surface area contributed by atoms with Crippen molar-refractivity contribution in [2.45, 2.75) is 20.0 Å². The first kappa shape index (κ1) is 18.1. The first-order chi connectivity index (χ1) is 12.6. The molecule has 0 atom stereocenters. The second-order valence-corrected chi connectivity index (χ2v) is 7.48. The maximum Gasteiger partial charge on any atom is 0.494 e. The van der Waals surface area contributed by atoms with Crippen molar-refractivity contribution in [1.82, 2.24) is 19.6 Å². The summed E-state index contributed by atoms with van der Waals surface area (Å²) in [5.41, 5.74) is 0.528. The molecule has 10 heteroatoms. The van der Waals surface area contributed by atoms with Crippen molar-refractivity contribution in [1.29, 1.82) is 0 Å². The molecule has 142 valence electrons. The van der Waals surface area contributed by atoms with Gasteiger partial charge in [-0.1, -0.05) is 26.0 Å². The Morgan fingerprint density at radius 2 is 1.85 bits per heavy atom. The zero-order valence-corrected chi connectivity index (χ0v) is 15.1. The SMILES string of the molecule is Cn1nc(-n2cc3c(B4OCC(C)(C)CO4)cccc3n2)cc1C(F)(F)F. The summed E-state index contributed by atoms with van der Waals surface area (Å²) in [6.07, 6.45) is -2.83. The standard InChI is InChI=1S/C17H18BF3N4O2/c1-16(2)9-26-18(27-10-16)12-5-4-6-13-11(12)8-25(22-13)15-7-14(17(19,20)21)24(3)23-15/h4-8H,9-10H2,1-3H3. The van der Waals surface area contributed by atoms with Crippen molar-refractivity contribution in [2.24, 2.45) is 12.5 Å².